The number of hydrogen-bond acceptors (Lipinski definition) is 6. The first-order chi connectivity index (χ1) is 14.4. The minimum Gasteiger partial charge on any atom is -0.367 e. The summed E-state index contributed by atoms with van der Waals surface area (Å²) in [5.74, 6) is -0.799. The molecule has 4 aliphatic rings. The van der Waals surface area contributed by atoms with Gasteiger partial charge in [0.15, 0.2) is 0 Å². The van der Waals surface area contributed by atoms with Gasteiger partial charge in [0.25, 0.3) is 0 Å². The van der Waals surface area contributed by atoms with Crippen LogP contribution in [0.15, 0.2) is 0 Å². The zero-order valence-electron chi connectivity index (χ0n) is 17.9. The van der Waals surface area contributed by atoms with Crippen LogP contribution in [0.2, 0.25) is 0 Å². The maximum Gasteiger partial charge on any atom is 0.229 e. The third-order valence-electron chi connectivity index (χ3n) is 7.21. The maximum atomic E-state index is 13.9. The first kappa shape index (κ1) is 21.9. The number of amides is 2. The molecule has 0 bridgehead atoms. The van der Waals surface area contributed by atoms with Crippen molar-refractivity contribution in [3.05, 3.63) is 0 Å². The quantitative estimate of drug-likeness (QED) is 0.697. The van der Waals surface area contributed by atoms with E-state index in [0.29, 0.717) is 38.9 Å². The number of likely N-dealkylation sites (tertiary alicyclic amines) is 1. The third kappa shape index (κ3) is 4.35. The van der Waals surface area contributed by atoms with E-state index in [1.165, 1.54) is 0 Å². The van der Waals surface area contributed by atoms with Crippen molar-refractivity contribution < 1.29 is 28.2 Å². The van der Waals surface area contributed by atoms with Gasteiger partial charge in [-0.15, -0.1) is 0 Å². The van der Waals surface area contributed by atoms with Crippen molar-refractivity contribution in [2.45, 2.75) is 75.3 Å². The number of nitrogens with one attached hydrogen (secondary N) is 2. The van der Waals surface area contributed by atoms with Gasteiger partial charge in [0, 0.05) is 27.3 Å². The number of rotatable bonds is 3. The van der Waals surface area contributed by atoms with Crippen molar-refractivity contribution in [2.24, 2.45) is 11.8 Å². The summed E-state index contributed by atoms with van der Waals surface area (Å²) in [6.07, 6.45) is 2.48. The van der Waals surface area contributed by atoms with E-state index in [0.717, 1.165) is 19.3 Å². The van der Waals surface area contributed by atoms with Crippen LogP contribution >= 0.6 is 0 Å². The Bertz CT molecular complexity index is 652. The molecule has 1 spiro atoms. The third-order valence-corrected chi connectivity index (χ3v) is 7.21. The average Bonchev–Trinajstić information content (AvgIpc) is 2.89. The molecule has 2 N–H and O–H groups in total. The van der Waals surface area contributed by atoms with Gasteiger partial charge in [-0.2, -0.15) is 0 Å². The van der Waals surface area contributed by atoms with Crippen LogP contribution in [0, 0.1) is 11.8 Å². The highest BCUT2D eigenvalue weighted by Gasteiger charge is 2.48. The number of carbonyl (C=O) groups excluding carboxylic acids is 2. The molecular weight excluding hydrogens is 393 g/mol. The summed E-state index contributed by atoms with van der Waals surface area (Å²) in [6.45, 7) is 1.47. The molecule has 1 saturated carbocycles. The van der Waals surface area contributed by atoms with Gasteiger partial charge < -0.3 is 24.4 Å². The van der Waals surface area contributed by atoms with E-state index in [2.05, 4.69) is 10.6 Å². The Morgan fingerprint density at radius 1 is 1.23 bits per heavy atom. The van der Waals surface area contributed by atoms with Crippen molar-refractivity contribution >= 4 is 11.8 Å². The Hall–Kier alpha value is -1.29. The SMILES string of the molecule is COC1CCC(C(=O)N2CCC[C@]3(CNC(=O)C4CC(F)CCC4O3)C2)C(OC)N1. The normalized spacial score (nSPS) is 42.4. The van der Waals surface area contributed by atoms with Crippen LogP contribution in [0.25, 0.3) is 0 Å². The predicted octanol–water partition coefficient (Wildman–Crippen LogP) is 0.945. The fraction of sp³-hybridized carbons (Fsp3) is 0.905. The van der Waals surface area contributed by atoms with Gasteiger partial charge in [-0.05, 0) is 44.9 Å². The molecule has 7 atom stereocenters. The molecule has 8 nitrogen and oxygen atoms in total. The molecule has 9 heteroatoms. The Kier molecular flexibility index (Phi) is 6.62. The monoisotopic (exact) mass is 427 g/mol. The highest BCUT2D eigenvalue weighted by Crippen LogP contribution is 2.37. The van der Waals surface area contributed by atoms with Crippen molar-refractivity contribution in [1.29, 1.82) is 0 Å². The lowest BCUT2D eigenvalue weighted by Crippen LogP contribution is -2.60. The standard InChI is InChI=1S/C21H34FN3O5/c1-28-17-7-5-14(19(24-17)29-2)20(27)25-9-3-8-21(12-25)11-23-18(26)15-10-13(22)4-6-16(15)30-21/h13-17,19,24H,3-12H2,1-2H3,(H,23,26)/t13?,14?,15?,16?,17?,19?,21-/m0/s1. The second-order valence-electron chi connectivity index (χ2n) is 9.17. The summed E-state index contributed by atoms with van der Waals surface area (Å²) < 4.78 is 31.3. The molecule has 3 heterocycles. The van der Waals surface area contributed by atoms with E-state index in [-0.39, 0.29) is 36.5 Å². The molecule has 0 aromatic rings. The molecule has 6 unspecified atom stereocenters. The molecule has 1 aliphatic carbocycles. The van der Waals surface area contributed by atoms with Crippen LogP contribution in [0.1, 0.15) is 44.9 Å². The highest BCUT2D eigenvalue weighted by molar-refractivity contribution is 5.81. The number of carbonyl (C=O) groups is 2. The summed E-state index contributed by atoms with van der Waals surface area (Å²) in [6, 6.07) is 0. The van der Waals surface area contributed by atoms with Crippen LogP contribution in [-0.2, 0) is 23.8 Å². The Balaban J connectivity index is 1.46. The van der Waals surface area contributed by atoms with Crippen molar-refractivity contribution in [3.63, 3.8) is 0 Å². The molecule has 4 rings (SSSR count). The van der Waals surface area contributed by atoms with Gasteiger partial charge >= 0.3 is 0 Å². The lowest BCUT2D eigenvalue weighted by atomic mass is 9.84. The van der Waals surface area contributed by atoms with Crippen molar-refractivity contribution in [1.82, 2.24) is 15.5 Å². The second kappa shape index (κ2) is 9.06. The van der Waals surface area contributed by atoms with E-state index >= 15 is 0 Å². The van der Waals surface area contributed by atoms with E-state index < -0.39 is 23.9 Å². The molecule has 2 amide bonds. The number of ether oxygens (including phenoxy) is 3. The van der Waals surface area contributed by atoms with Crippen LogP contribution in [0.4, 0.5) is 4.39 Å². The summed E-state index contributed by atoms with van der Waals surface area (Å²) in [5.41, 5.74) is -0.605. The number of fused-ring (bicyclic) bond motifs is 1. The maximum absolute atomic E-state index is 13.9. The van der Waals surface area contributed by atoms with Crippen molar-refractivity contribution in [2.75, 3.05) is 33.9 Å². The Labute approximate surface area is 177 Å². The highest BCUT2D eigenvalue weighted by atomic mass is 19.1. The fourth-order valence-electron chi connectivity index (χ4n) is 5.55. The topological polar surface area (TPSA) is 89.1 Å². The van der Waals surface area contributed by atoms with Crippen LogP contribution in [0.5, 0.6) is 0 Å². The fourth-order valence-corrected chi connectivity index (χ4v) is 5.55. The second-order valence-corrected chi connectivity index (χ2v) is 9.17. The Morgan fingerprint density at radius 3 is 2.83 bits per heavy atom. The lowest BCUT2D eigenvalue weighted by Gasteiger charge is -2.46. The van der Waals surface area contributed by atoms with Gasteiger partial charge in [-0.3, -0.25) is 14.9 Å². The molecular formula is C21H34FN3O5. The minimum atomic E-state index is -0.945. The molecule has 30 heavy (non-hydrogen) atoms. The van der Waals surface area contributed by atoms with Gasteiger partial charge in [-0.25, -0.2) is 4.39 Å². The Morgan fingerprint density at radius 2 is 2.07 bits per heavy atom. The zero-order chi connectivity index (χ0) is 21.3. The number of piperidine rings is 2. The molecule has 0 radical (unpaired) electrons. The van der Waals surface area contributed by atoms with E-state index in [4.69, 9.17) is 14.2 Å². The smallest absolute Gasteiger partial charge is 0.229 e. The molecule has 3 aliphatic heterocycles. The van der Waals surface area contributed by atoms with E-state index in [9.17, 15) is 14.0 Å². The van der Waals surface area contributed by atoms with Crippen LogP contribution in [0.3, 0.4) is 0 Å². The summed E-state index contributed by atoms with van der Waals surface area (Å²) in [4.78, 5) is 27.8. The molecule has 0 aromatic carbocycles. The van der Waals surface area contributed by atoms with E-state index in [1.807, 2.05) is 4.90 Å². The molecule has 3 saturated heterocycles. The molecule has 4 fully saturated rings. The summed E-state index contributed by atoms with van der Waals surface area (Å²) in [5, 5.41) is 6.21. The lowest BCUT2D eigenvalue weighted by molar-refractivity contribution is -0.168. The minimum absolute atomic E-state index is 0.0474. The van der Waals surface area contributed by atoms with Gasteiger partial charge in [0.1, 0.15) is 24.2 Å². The zero-order valence-corrected chi connectivity index (χ0v) is 17.9. The van der Waals surface area contributed by atoms with Crippen LogP contribution in [-0.4, -0.2) is 80.9 Å². The number of halogens is 1. The van der Waals surface area contributed by atoms with Gasteiger partial charge in [0.05, 0.1) is 24.5 Å². The number of hydrogen-bond donors (Lipinski definition) is 2. The summed E-state index contributed by atoms with van der Waals surface area (Å²) >= 11 is 0. The molecule has 0 aromatic heterocycles. The van der Waals surface area contributed by atoms with Gasteiger partial charge in [0.2, 0.25) is 11.8 Å². The summed E-state index contributed by atoms with van der Waals surface area (Å²) in [7, 11) is 3.24. The molecule has 170 valence electrons. The predicted molar refractivity (Wildman–Crippen MR) is 106 cm³/mol. The first-order valence-corrected chi connectivity index (χ1v) is 11.1. The van der Waals surface area contributed by atoms with Crippen molar-refractivity contribution in [3.8, 4) is 0 Å². The number of alkyl halides is 1. The largest absolute Gasteiger partial charge is 0.367 e. The van der Waals surface area contributed by atoms with E-state index in [1.54, 1.807) is 14.2 Å². The van der Waals surface area contributed by atoms with Crippen LogP contribution < -0.4 is 10.6 Å². The average molecular weight is 428 g/mol. The number of methoxy groups -OCH3 is 2. The van der Waals surface area contributed by atoms with Gasteiger partial charge in [-0.1, -0.05) is 0 Å². The first-order valence-electron chi connectivity index (χ1n) is 11.1. The number of nitrogens with zero attached hydrogens (tertiary/aromatic N) is 1.